The van der Waals surface area contributed by atoms with E-state index in [0.29, 0.717) is 34.6 Å². The Morgan fingerprint density at radius 3 is 2.10 bits per heavy atom. The summed E-state index contributed by atoms with van der Waals surface area (Å²) in [7, 11) is 1.54. The van der Waals surface area contributed by atoms with E-state index in [9.17, 15) is 19.2 Å². The smallest absolute Gasteiger partial charge is 0.262 e. The quantitative estimate of drug-likeness (QED) is 0.682. The highest BCUT2D eigenvalue weighted by Crippen LogP contribution is 2.26. The van der Waals surface area contributed by atoms with Crippen molar-refractivity contribution in [3.05, 3.63) is 65.2 Å². The average molecular weight is 411 g/mol. The van der Waals surface area contributed by atoms with Crippen LogP contribution in [0.3, 0.4) is 0 Å². The predicted octanol–water partition coefficient (Wildman–Crippen LogP) is 2.40. The largest absolute Gasteiger partial charge is 0.355 e. The first-order valence-electron chi connectivity index (χ1n) is 9.06. The van der Waals surface area contributed by atoms with Crippen molar-refractivity contribution in [3.63, 3.8) is 0 Å². The number of carbonyl (C=O) groups is 4. The number of thioether (sulfide) groups is 1. The van der Waals surface area contributed by atoms with Crippen LogP contribution in [0.25, 0.3) is 0 Å². The van der Waals surface area contributed by atoms with Crippen molar-refractivity contribution in [2.45, 2.75) is 12.5 Å². The van der Waals surface area contributed by atoms with Crippen LogP contribution in [-0.4, -0.2) is 53.6 Å². The van der Waals surface area contributed by atoms with E-state index in [1.54, 1.807) is 48.5 Å². The Kier molecular flexibility index (Phi) is 6.33. The number of imide groups is 1. The van der Waals surface area contributed by atoms with Gasteiger partial charge in [0.25, 0.3) is 17.7 Å². The van der Waals surface area contributed by atoms with Crippen molar-refractivity contribution in [2.75, 3.05) is 24.4 Å². The van der Waals surface area contributed by atoms with Gasteiger partial charge in [-0.05, 0) is 54.8 Å². The molecule has 7 nitrogen and oxygen atoms in total. The third-order valence-corrected chi connectivity index (χ3v) is 5.32. The molecule has 2 N–H and O–H groups in total. The molecule has 0 aliphatic carbocycles. The minimum Gasteiger partial charge on any atom is -0.355 e. The number of hydrogen-bond donors (Lipinski definition) is 2. The van der Waals surface area contributed by atoms with Gasteiger partial charge in [-0.15, -0.1) is 0 Å². The van der Waals surface area contributed by atoms with Crippen LogP contribution in [-0.2, 0) is 4.79 Å². The standard InChI is InChI=1S/C21H21N3O4S/c1-22-18(25)13-7-9-14(10-8-13)23-19(26)17(11-12-29-2)24-20(27)15-5-3-4-6-16(15)21(24)28/h3-10,17H,11-12H2,1-2H3,(H,22,25)(H,23,26)/t17-/m1/s1. The highest BCUT2D eigenvalue weighted by molar-refractivity contribution is 7.98. The van der Waals surface area contributed by atoms with Gasteiger partial charge in [-0.25, -0.2) is 0 Å². The van der Waals surface area contributed by atoms with Gasteiger partial charge in [-0.2, -0.15) is 11.8 Å². The number of anilines is 1. The minimum absolute atomic E-state index is 0.230. The van der Waals surface area contributed by atoms with E-state index in [2.05, 4.69) is 10.6 Å². The molecular weight excluding hydrogens is 390 g/mol. The third kappa shape index (κ3) is 4.17. The highest BCUT2D eigenvalue weighted by atomic mass is 32.2. The van der Waals surface area contributed by atoms with Crippen molar-refractivity contribution in [3.8, 4) is 0 Å². The van der Waals surface area contributed by atoms with Crippen molar-refractivity contribution in [2.24, 2.45) is 0 Å². The first-order valence-corrected chi connectivity index (χ1v) is 10.5. The second kappa shape index (κ2) is 8.91. The molecule has 29 heavy (non-hydrogen) atoms. The Balaban J connectivity index is 1.82. The summed E-state index contributed by atoms with van der Waals surface area (Å²) in [4.78, 5) is 51.3. The molecule has 0 bridgehead atoms. The predicted molar refractivity (Wildman–Crippen MR) is 112 cm³/mol. The van der Waals surface area contributed by atoms with Crippen LogP contribution in [0.2, 0.25) is 0 Å². The van der Waals surface area contributed by atoms with Gasteiger partial charge < -0.3 is 10.6 Å². The van der Waals surface area contributed by atoms with Crippen molar-refractivity contribution < 1.29 is 19.2 Å². The van der Waals surface area contributed by atoms with Crippen LogP contribution in [0.5, 0.6) is 0 Å². The molecule has 0 unspecified atom stereocenters. The fraction of sp³-hybridized carbons (Fsp3) is 0.238. The first kappa shape index (κ1) is 20.6. The SMILES string of the molecule is CNC(=O)c1ccc(NC(=O)[C@@H](CCSC)N2C(=O)c3ccccc3C2=O)cc1. The van der Waals surface area contributed by atoms with Crippen LogP contribution < -0.4 is 10.6 Å². The van der Waals surface area contributed by atoms with Crippen molar-refractivity contribution >= 4 is 41.1 Å². The molecule has 0 saturated heterocycles. The molecule has 150 valence electrons. The van der Waals surface area contributed by atoms with Crippen LogP contribution in [0.1, 0.15) is 37.5 Å². The van der Waals surface area contributed by atoms with Crippen molar-refractivity contribution in [1.82, 2.24) is 10.2 Å². The number of fused-ring (bicyclic) bond motifs is 1. The Labute approximate surface area is 172 Å². The number of benzene rings is 2. The molecule has 8 heteroatoms. The van der Waals surface area contributed by atoms with E-state index < -0.39 is 23.8 Å². The normalized spacial score (nSPS) is 13.8. The van der Waals surface area contributed by atoms with Gasteiger partial charge in [0.15, 0.2) is 0 Å². The molecule has 1 aliphatic rings. The number of nitrogens with zero attached hydrogens (tertiary/aromatic N) is 1. The lowest BCUT2D eigenvalue weighted by molar-refractivity contribution is -0.120. The van der Waals surface area contributed by atoms with Crippen LogP contribution in [0, 0.1) is 0 Å². The van der Waals surface area contributed by atoms with E-state index >= 15 is 0 Å². The van der Waals surface area contributed by atoms with Crippen LogP contribution >= 0.6 is 11.8 Å². The number of amides is 4. The Bertz CT molecular complexity index is 924. The Hall–Kier alpha value is -3.13. The molecule has 4 amide bonds. The minimum atomic E-state index is -0.923. The molecule has 1 atom stereocenters. The lowest BCUT2D eigenvalue weighted by Crippen LogP contribution is -2.47. The zero-order valence-corrected chi connectivity index (χ0v) is 16.9. The van der Waals surface area contributed by atoms with Gasteiger partial charge in [0.2, 0.25) is 5.91 Å². The summed E-state index contributed by atoms with van der Waals surface area (Å²) >= 11 is 1.53. The fourth-order valence-corrected chi connectivity index (χ4v) is 3.63. The Morgan fingerprint density at radius 2 is 1.59 bits per heavy atom. The maximum absolute atomic E-state index is 13.0. The molecule has 2 aromatic rings. The molecule has 0 saturated carbocycles. The topological polar surface area (TPSA) is 95.6 Å². The fourth-order valence-electron chi connectivity index (χ4n) is 3.17. The summed E-state index contributed by atoms with van der Waals surface area (Å²) < 4.78 is 0. The summed E-state index contributed by atoms with van der Waals surface area (Å²) in [5.74, 6) is -0.974. The van der Waals surface area contributed by atoms with Crippen LogP contribution in [0.15, 0.2) is 48.5 Å². The van der Waals surface area contributed by atoms with E-state index in [0.717, 1.165) is 4.90 Å². The number of nitrogens with one attached hydrogen (secondary N) is 2. The highest BCUT2D eigenvalue weighted by Gasteiger charge is 2.42. The molecule has 2 aromatic carbocycles. The van der Waals surface area contributed by atoms with E-state index in [4.69, 9.17) is 0 Å². The maximum atomic E-state index is 13.0. The summed E-state index contributed by atoms with van der Waals surface area (Å²) in [6, 6.07) is 12.0. The molecule has 0 fully saturated rings. The zero-order valence-electron chi connectivity index (χ0n) is 16.1. The lowest BCUT2D eigenvalue weighted by Gasteiger charge is -2.25. The van der Waals surface area contributed by atoms with Gasteiger partial charge in [0.05, 0.1) is 11.1 Å². The molecule has 0 spiro atoms. The maximum Gasteiger partial charge on any atom is 0.262 e. The van der Waals surface area contributed by atoms with Crippen molar-refractivity contribution in [1.29, 1.82) is 0 Å². The molecule has 1 heterocycles. The average Bonchev–Trinajstić information content (AvgIpc) is 2.99. The van der Waals surface area contributed by atoms with E-state index in [1.165, 1.54) is 18.8 Å². The zero-order chi connectivity index (χ0) is 21.0. The van der Waals surface area contributed by atoms with Gasteiger partial charge in [-0.3, -0.25) is 24.1 Å². The number of rotatable bonds is 7. The number of hydrogen-bond acceptors (Lipinski definition) is 5. The Morgan fingerprint density at radius 1 is 1.00 bits per heavy atom. The van der Waals surface area contributed by atoms with Gasteiger partial charge in [-0.1, -0.05) is 12.1 Å². The molecule has 0 radical (unpaired) electrons. The molecule has 0 aromatic heterocycles. The van der Waals surface area contributed by atoms with E-state index in [-0.39, 0.29) is 5.91 Å². The second-order valence-electron chi connectivity index (χ2n) is 6.47. The first-order chi connectivity index (χ1) is 14.0. The van der Waals surface area contributed by atoms with E-state index in [1.807, 2.05) is 6.26 Å². The van der Waals surface area contributed by atoms with Gasteiger partial charge >= 0.3 is 0 Å². The monoisotopic (exact) mass is 411 g/mol. The lowest BCUT2D eigenvalue weighted by atomic mass is 10.1. The van der Waals surface area contributed by atoms with Gasteiger partial charge in [0, 0.05) is 18.3 Å². The molecule has 1 aliphatic heterocycles. The van der Waals surface area contributed by atoms with Crippen LogP contribution in [0.4, 0.5) is 5.69 Å². The van der Waals surface area contributed by atoms with Gasteiger partial charge in [0.1, 0.15) is 6.04 Å². The third-order valence-electron chi connectivity index (χ3n) is 4.68. The summed E-state index contributed by atoms with van der Waals surface area (Å²) in [6.45, 7) is 0. The second-order valence-corrected chi connectivity index (χ2v) is 7.45. The molecular formula is C21H21N3O4S. The summed E-state index contributed by atoms with van der Waals surface area (Å²) in [6.07, 6.45) is 2.24. The summed E-state index contributed by atoms with van der Waals surface area (Å²) in [5.41, 5.74) is 1.57. The molecule has 3 rings (SSSR count). The number of carbonyl (C=O) groups excluding carboxylic acids is 4. The summed E-state index contributed by atoms with van der Waals surface area (Å²) in [5, 5.41) is 5.28.